The van der Waals surface area contributed by atoms with E-state index in [1.54, 1.807) is 36.7 Å². The molecular weight excluding hydrogens is 398 g/mol. The van der Waals surface area contributed by atoms with Crippen LogP contribution in [-0.4, -0.2) is 27.4 Å². The van der Waals surface area contributed by atoms with Gasteiger partial charge in [-0.05, 0) is 24.6 Å². The third-order valence-electron chi connectivity index (χ3n) is 4.13. The second kappa shape index (κ2) is 9.59. The SMILES string of the molecule is CCNc1nc(SCc2ncc[nH]2)c(C#N)c(-c2ccc(NC(C)=O)cc2)c1C#N. The Morgan fingerprint density at radius 3 is 2.50 bits per heavy atom. The van der Waals surface area contributed by atoms with Crippen molar-refractivity contribution in [1.29, 1.82) is 10.5 Å². The number of pyridine rings is 1. The molecule has 0 bridgehead atoms. The zero-order valence-corrected chi connectivity index (χ0v) is 17.3. The van der Waals surface area contributed by atoms with Crippen LogP contribution in [0.15, 0.2) is 41.7 Å². The van der Waals surface area contributed by atoms with E-state index in [0.29, 0.717) is 51.1 Å². The van der Waals surface area contributed by atoms with Gasteiger partial charge in [0.15, 0.2) is 0 Å². The molecule has 150 valence electrons. The number of rotatable bonds is 7. The Morgan fingerprint density at radius 1 is 1.20 bits per heavy atom. The van der Waals surface area contributed by atoms with Crippen molar-refractivity contribution in [1.82, 2.24) is 15.0 Å². The first-order valence-corrected chi connectivity index (χ1v) is 10.2. The number of nitrogens with one attached hydrogen (secondary N) is 3. The summed E-state index contributed by atoms with van der Waals surface area (Å²) in [5, 5.41) is 26.1. The van der Waals surface area contributed by atoms with Gasteiger partial charge in [-0.25, -0.2) is 9.97 Å². The lowest BCUT2D eigenvalue weighted by Crippen LogP contribution is -2.07. The molecule has 1 aromatic carbocycles. The van der Waals surface area contributed by atoms with E-state index in [1.807, 2.05) is 6.92 Å². The number of aromatic nitrogens is 3. The molecule has 3 aromatic rings. The van der Waals surface area contributed by atoms with Crippen molar-refractivity contribution >= 4 is 29.2 Å². The lowest BCUT2D eigenvalue weighted by atomic mass is 9.96. The molecule has 3 N–H and O–H groups in total. The summed E-state index contributed by atoms with van der Waals surface area (Å²) in [5.41, 5.74) is 2.48. The molecule has 0 saturated heterocycles. The number of benzene rings is 1. The van der Waals surface area contributed by atoms with Crippen LogP contribution in [-0.2, 0) is 10.5 Å². The van der Waals surface area contributed by atoms with Crippen molar-refractivity contribution in [2.45, 2.75) is 24.6 Å². The smallest absolute Gasteiger partial charge is 0.221 e. The van der Waals surface area contributed by atoms with Crippen LogP contribution in [0.1, 0.15) is 30.8 Å². The Morgan fingerprint density at radius 2 is 1.93 bits per heavy atom. The molecule has 0 aliphatic carbocycles. The molecule has 0 spiro atoms. The first-order valence-electron chi connectivity index (χ1n) is 9.18. The van der Waals surface area contributed by atoms with E-state index in [0.717, 1.165) is 5.82 Å². The predicted molar refractivity (Wildman–Crippen MR) is 116 cm³/mol. The highest BCUT2D eigenvalue weighted by Gasteiger charge is 2.21. The van der Waals surface area contributed by atoms with Gasteiger partial charge in [-0.15, -0.1) is 0 Å². The largest absolute Gasteiger partial charge is 0.369 e. The van der Waals surface area contributed by atoms with Crippen molar-refractivity contribution in [2.75, 3.05) is 17.2 Å². The first kappa shape index (κ1) is 20.9. The number of carbonyl (C=O) groups is 1. The third kappa shape index (κ3) is 4.59. The topological polar surface area (TPSA) is 130 Å². The number of imidazole rings is 1. The number of aromatic amines is 1. The second-order valence-electron chi connectivity index (χ2n) is 6.23. The normalized spacial score (nSPS) is 10.1. The van der Waals surface area contributed by atoms with Crippen LogP contribution >= 0.6 is 11.8 Å². The molecule has 0 aliphatic heterocycles. The number of nitrogens with zero attached hydrogens (tertiary/aromatic N) is 4. The molecule has 30 heavy (non-hydrogen) atoms. The van der Waals surface area contributed by atoms with E-state index in [4.69, 9.17) is 0 Å². The van der Waals surface area contributed by atoms with Crippen LogP contribution in [0.3, 0.4) is 0 Å². The molecule has 8 nitrogen and oxygen atoms in total. The third-order valence-corrected chi connectivity index (χ3v) is 5.11. The summed E-state index contributed by atoms with van der Waals surface area (Å²) in [6.45, 7) is 3.93. The Labute approximate surface area is 178 Å². The monoisotopic (exact) mass is 417 g/mol. The van der Waals surface area contributed by atoms with Gasteiger partial charge in [0, 0.05) is 37.1 Å². The summed E-state index contributed by atoms with van der Waals surface area (Å²) >= 11 is 1.38. The number of anilines is 2. The van der Waals surface area contributed by atoms with Crippen molar-refractivity contribution in [3.8, 4) is 23.3 Å². The van der Waals surface area contributed by atoms with Crippen LogP contribution < -0.4 is 10.6 Å². The quantitative estimate of drug-likeness (QED) is 0.497. The maximum Gasteiger partial charge on any atom is 0.221 e. The number of thioether (sulfide) groups is 1. The first-order chi connectivity index (χ1) is 14.6. The highest BCUT2D eigenvalue weighted by Crippen LogP contribution is 2.37. The van der Waals surface area contributed by atoms with Crippen LogP contribution in [0.2, 0.25) is 0 Å². The van der Waals surface area contributed by atoms with Crippen LogP contribution in [0.4, 0.5) is 11.5 Å². The number of hydrogen-bond donors (Lipinski definition) is 3. The maximum absolute atomic E-state index is 11.3. The maximum atomic E-state index is 11.3. The van der Waals surface area contributed by atoms with E-state index in [1.165, 1.54) is 18.7 Å². The number of amides is 1. The second-order valence-corrected chi connectivity index (χ2v) is 7.19. The number of nitriles is 2. The average Bonchev–Trinajstić information content (AvgIpc) is 3.25. The fraction of sp³-hybridized carbons (Fsp3) is 0.190. The van der Waals surface area contributed by atoms with E-state index in [2.05, 4.69) is 37.7 Å². The zero-order chi connectivity index (χ0) is 21.5. The van der Waals surface area contributed by atoms with Crippen LogP contribution in [0.5, 0.6) is 0 Å². The van der Waals surface area contributed by atoms with Gasteiger partial charge in [0.25, 0.3) is 0 Å². The Balaban J connectivity index is 2.12. The lowest BCUT2D eigenvalue weighted by molar-refractivity contribution is -0.114. The molecule has 0 fully saturated rings. The summed E-state index contributed by atoms with van der Waals surface area (Å²) in [7, 11) is 0. The lowest BCUT2D eigenvalue weighted by Gasteiger charge is -2.15. The molecule has 0 aliphatic rings. The molecular formula is C21H19N7OS. The highest BCUT2D eigenvalue weighted by molar-refractivity contribution is 7.98. The molecule has 2 aromatic heterocycles. The Bertz CT molecular complexity index is 1130. The fourth-order valence-electron chi connectivity index (χ4n) is 2.90. The highest BCUT2D eigenvalue weighted by atomic mass is 32.2. The van der Waals surface area contributed by atoms with Gasteiger partial charge in [0.1, 0.15) is 34.4 Å². The Hall–Kier alpha value is -3.82. The molecule has 1 amide bonds. The van der Waals surface area contributed by atoms with Crippen LogP contribution in [0.25, 0.3) is 11.1 Å². The summed E-state index contributed by atoms with van der Waals surface area (Å²) in [5.74, 6) is 1.53. The average molecular weight is 417 g/mol. The van der Waals surface area contributed by atoms with Gasteiger partial charge >= 0.3 is 0 Å². The van der Waals surface area contributed by atoms with Gasteiger partial charge in [0.2, 0.25) is 5.91 Å². The standard InChI is InChI=1S/C21H19N7OS/c1-3-24-20-16(10-22)19(14-4-6-15(7-5-14)27-13(2)29)17(11-23)21(28-20)30-12-18-25-8-9-26-18/h4-9H,3,12H2,1-2H3,(H,24,28)(H,25,26)(H,27,29). The minimum atomic E-state index is -0.173. The minimum Gasteiger partial charge on any atom is -0.369 e. The van der Waals surface area contributed by atoms with Gasteiger partial charge in [-0.3, -0.25) is 4.79 Å². The number of carbonyl (C=O) groups excluding carboxylic acids is 1. The summed E-state index contributed by atoms with van der Waals surface area (Å²) < 4.78 is 0. The van der Waals surface area contributed by atoms with E-state index in [-0.39, 0.29) is 5.91 Å². The van der Waals surface area contributed by atoms with Gasteiger partial charge in [-0.1, -0.05) is 23.9 Å². The molecule has 0 unspecified atom stereocenters. The number of H-pyrrole nitrogens is 1. The summed E-state index contributed by atoms with van der Waals surface area (Å²) in [6.07, 6.45) is 3.40. The minimum absolute atomic E-state index is 0.173. The van der Waals surface area contributed by atoms with Gasteiger partial charge < -0.3 is 15.6 Å². The van der Waals surface area contributed by atoms with Gasteiger partial charge in [0.05, 0.1) is 11.3 Å². The van der Waals surface area contributed by atoms with Crippen molar-refractivity contribution in [3.63, 3.8) is 0 Å². The van der Waals surface area contributed by atoms with E-state index in [9.17, 15) is 15.3 Å². The van der Waals surface area contributed by atoms with Crippen molar-refractivity contribution < 1.29 is 4.79 Å². The van der Waals surface area contributed by atoms with Crippen molar-refractivity contribution in [3.05, 3.63) is 53.6 Å². The zero-order valence-electron chi connectivity index (χ0n) is 16.5. The molecule has 0 atom stereocenters. The molecule has 0 saturated carbocycles. The van der Waals surface area contributed by atoms with E-state index >= 15 is 0 Å². The molecule has 3 rings (SSSR count). The summed E-state index contributed by atoms with van der Waals surface area (Å²) in [6, 6.07) is 11.4. The molecule has 9 heteroatoms. The van der Waals surface area contributed by atoms with Gasteiger partial charge in [-0.2, -0.15) is 10.5 Å². The molecule has 2 heterocycles. The molecule has 0 radical (unpaired) electrons. The fourth-order valence-corrected chi connectivity index (χ4v) is 3.78. The Kier molecular flexibility index (Phi) is 6.68. The number of hydrogen-bond acceptors (Lipinski definition) is 7. The predicted octanol–water partition coefficient (Wildman–Crippen LogP) is 3.90. The van der Waals surface area contributed by atoms with Crippen LogP contribution in [0, 0.1) is 22.7 Å². The van der Waals surface area contributed by atoms with Crippen molar-refractivity contribution in [2.24, 2.45) is 0 Å². The van der Waals surface area contributed by atoms with E-state index < -0.39 is 0 Å². The summed E-state index contributed by atoms with van der Waals surface area (Å²) in [4.78, 5) is 23.1.